The molecule has 1 aromatic carbocycles. The highest BCUT2D eigenvalue weighted by molar-refractivity contribution is 6.01. The van der Waals surface area contributed by atoms with Crippen LogP contribution < -0.4 is 9.47 Å². The number of ether oxygens (including phenoxy) is 3. The maximum absolute atomic E-state index is 12.1. The quantitative estimate of drug-likeness (QED) is 0.351. The molecular weight excluding hydrogens is 346 g/mol. The largest absolute Gasteiger partial charge is 0.493 e. The molecule has 1 aromatic rings. The van der Waals surface area contributed by atoms with E-state index in [-0.39, 0.29) is 37.8 Å². The molecule has 9 nitrogen and oxygen atoms in total. The van der Waals surface area contributed by atoms with Crippen LogP contribution in [0.5, 0.6) is 11.5 Å². The highest BCUT2D eigenvalue weighted by Gasteiger charge is 2.26. The average molecular weight is 367 g/mol. The van der Waals surface area contributed by atoms with E-state index < -0.39 is 11.2 Å². The first-order valence-electron chi connectivity index (χ1n) is 8.21. The lowest BCUT2D eigenvalue weighted by Crippen LogP contribution is -2.27. The molecule has 26 heavy (non-hydrogen) atoms. The predicted octanol–water partition coefficient (Wildman–Crippen LogP) is 2.12. The molecule has 0 spiro atoms. The average Bonchev–Trinajstić information content (AvgIpc) is 2.62. The Morgan fingerprint density at radius 3 is 2.81 bits per heavy atom. The van der Waals surface area contributed by atoms with Gasteiger partial charge in [-0.25, -0.2) is 0 Å². The third-order valence-corrected chi connectivity index (χ3v) is 3.95. The Morgan fingerprint density at radius 2 is 2.12 bits per heavy atom. The predicted molar refractivity (Wildman–Crippen MR) is 88.9 cm³/mol. The number of ketones is 2. The number of nitrogens with zero attached hydrogens (tertiary/aromatic N) is 1. The SMILES string of the molecule is COc1cc2c(cc1OCC(=O)CCCCO[N+](=O)[O-])COC(C)C2=O. The second kappa shape index (κ2) is 9.14. The van der Waals surface area contributed by atoms with Gasteiger partial charge in [-0.2, -0.15) is 0 Å². The van der Waals surface area contributed by atoms with Crippen LogP contribution in [-0.4, -0.2) is 43.1 Å². The summed E-state index contributed by atoms with van der Waals surface area (Å²) in [6.07, 6.45) is 0.609. The van der Waals surface area contributed by atoms with E-state index in [0.717, 1.165) is 0 Å². The van der Waals surface area contributed by atoms with Gasteiger partial charge >= 0.3 is 0 Å². The van der Waals surface area contributed by atoms with Gasteiger partial charge in [0, 0.05) is 12.0 Å². The molecule has 142 valence electrons. The first-order chi connectivity index (χ1) is 12.4. The van der Waals surface area contributed by atoms with Gasteiger partial charge in [-0.3, -0.25) is 9.59 Å². The number of carbonyl (C=O) groups excluding carboxylic acids is 2. The van der Waals surface area contributed by atoms with Gasteiger partial charge in [0.15, 0.2) is 23.1 Å². The van der Waals surface area contributed by atoms with E-state index in [1.165, 1.54) is 7.11 Å². The second-order valence-corrected chi connectivity index (χ2v) is 5.82. The van der Waals surface area contributed by atoms with Crippen molar-refractivity contribution in [2.75, 3.05) is 20.3 Å². The van der Waals surface area contributed by atoms with Crippen LogP contribution in [0, 0.1) is 10.1 Å². The van der Waals surface area contributed by atoms with Gasteiger partial charge in [0.05, 0.1) is 20.3 Å². The molecule has 0 radical (unpaired) electrons. The number of hydrogen-bond acceptors (Lipinski definition) is 8. The van der Waals surface area contributed by atoms with Crippen molar-refractivity contribution < 1.29 is 33.7 Å². The van der Waals surface area contributed by atoms with Crippen molar-refractivity contribution in [3.63, 3.8) is 0 Å². The van der Waals surface area contributed by atoms with Crippen LogP contribution in [-0.2, 0) is 21.0 Å². The molecule has 1 atom stereocenters. The first kappa shape index (κ1) is 19.6. The summed E-state index contributed by atoms with van der Waals surface area (Å²) in [7, 11) is 1.46. The zero-order valence-electron chi connectivity index (χ0n) is 14.7. The van der Waals surface area contributed by atoms with Crippen molar-refractivity contribution in [3.05, 3.63) is 33.4 Å². The molecule has 0 aromatic heterocycles. The normalized spacial score (nSPS) is 15.9. The van der Waals surface area contributed by atoms with E-state index in [1.54, 1.807) is 19.1 Å². The van der Waals surface area contributed by atoms with Gasteiger partial charge in [-0.1, -0.05) is 0 Å². The van der Waals surface area contributed by atoms with Gasteiger partial charge in [-0.15, -0.1) is 10.1 Å². The summed E-state index contributed by atoms with van der Waals surface area (Å²) in [5, 5.41) is 9.15. The van der Waals surface area contributed by atoms with Crippen LogP contribution in [0.3, 0.4) is 0 Å². The van der Waals surface area contributed by atoms with Gasteiger partial charge in [0.25, 0.3) is 5.09 Å². The first-order valence-corrected chi connectivity index (χ1v) is 8.21. The van der Waals surface area contributed by atoms with Crippen molar-refractivity contribution in [3.8, 4) is 11.5 Å². The van der Waals surface area contributed by atoms with Crippen molar-refractivity contribution in [2.45, 2.75) is 38.9 Å². The van der Waals surface area contributed by atoms with Crippen LogP contribution in [0.15, 0.2) is 12.1 Å². The molecule has 1 aliphatic heterocycles. The maximum atomic E-state index is 12.1. The monoisotopic (exact) mass is 367 g/mol. The van der Waals surface area contributed by atoms with E-state index >= 15 is 0 Å². The molecule has 1 aliphatic rings. The molecule has 0 bridgehead atoms. The fraction of sp³-hybridized carbons (Fsp3) is 0.529. The zero-order valence-corrected chi connectivity index (χ0v) is 14.7. The van der Waals surface area contributed by atoms with Crippen molar-refractivity contribution in [1.82, 2.24) is 0 Å². The number of unbranched alkanes of at least 4 members (excludes halogenated alkanes) is 1. The van der Waals surface area contributed by atoms with Gasteiger partial charge in [0.2, 0.25) is 0 Å². The van der Waals surface area contributed by atoms with E-state index in [0.29, 0.717) is 35.5 Å². The zero-order chi connectivity index (χ0) is 19.1. The van der Waals surface area contributed by atoms with E-state index in [4.69, 9.17) is 14.2 Å². The molecule has 1 unspecified atom stereocenters. The van der Waals surface area contributed by atoms with Gasteiger partial charge < -0.3 is 19.0 Å². The van der Waals surface area contributed by atoms with Gasteiger partial charge in [-0.05, 0) is 37.5 Å². The summed E-state index contributed by atoms with van der Waals surface area (Å²) in [6.45, 7) is 1.78. The summed E-state index contributed by atoms with van der Waals surface area (Å²) in [4.78, 5) is 38.2. The number of fused-ring (bicyclic) bond motifs is 1. The Morgan fingerprint density at radius 1 is 1.35 bits per heavy atom. The number of hydrogen-bond donors (Lipinski definition) is 0. The third kappa shape index (κ3) is 5.16. The lowest BCUT2D eigenvalue weighted by atomic mass is 9.97. The fourth-order valence-electron chi connectivity index (χ4n) is 2.53. The topological polar surface area (TPSA) is 114 Å². The fourth-order valence-corrected chi connectivity index (χ4v) is 2.53. The Labute approximate surface area is 150 Å². The number of rotatable bonds is 10. The Hall–Kier alpha value is -2.68. The minimum Gasteiger partial charge on any atom is -0.493 e. The second-order valence-electron chi connectivity index (χ2n) is 5.82. The highest BCUT2D eigenvalue weighted by Crippen LogP contribution is 2.34. The molecule has 0 N–H and O–H groups in total. The summed E-state index contributed by atoms with van der Waals surface area (Å²) in [5.41, 5.74) is 1.22. The van der Waals surface area contributed by atoms with Crippen LogP contribution in [0.1, 0.15) is 42.1 Å². The molecule has 0 aliphatic carbocycles. The molecular formula is C17H21NO8. The molecule has 9 heteroatoms. The van der Waals surface area contributed by atoms with Crippen molar-refractivity contribution in [1.29, 1.82) is 0 Å². The third-order valence-electron chi connectivity index (χ3n) is 3.95. The molecule has 0 saturated heterocycles. The number of methoxy groups -OCH3 is 1. The maximum Gasteiger partial charge on any atom is 0.294 e. The van der Waals surface area contributed by atoms with Crippen LogP contribution in [0.4, 0.5) is 0 Å². The number of benzene rings is 1. The molecule has 0 saturated carbocycles. The van der Waals surface area contributed by atoms with Crippen LogP contribution in [0.25, 0.3) is 0 Å². The van der Waals surface area contributed by atoms with E-state index in [2.05, 4.69) is 4.84 Å². The van der Waals surface area contributed by atoms with Crippen LogP contribution >= 0.6 is 0 Å². The number of Topliss-reactive ketones (excluding diaryl/α,β-unsaturated/α-hetero) is 2. The molecule has 0 amide bonds. The highest BCUT2D eigenvalue weighted by atomic mass is 16.9. The summed E-state index contributed by atoms with van der Waals surface area (Å²) >= 11 is 0. The molecule has 0 fully saturated rings. The van der Waals surface area contributed by atoms with Gasteiger partial charge in [0.1, 0.15) is 12.7 Å². The summed E-state index contributed by atoms with van der Waals surface area (Å²) in [6, 6.07) is 3.25. The van der Waals surface area contributed by atoms with Crippen molar-refractivity contribution in [2.24, 2.45) is 0 Å². The van der Waals surface area contributed by atoms with Crippen molar-refractivity contribution >= 4 is 11.6 Å². The Kier molecular flexibility index (Phi) is 6.90. The molecule has 2 rings (SSSR count). The Bertz CT molecular complexity index is 688. The number of carbonyl (C=O) groups is 2. The van der Waals surface area contributed by atoms with Crippen LogP contribution in [0.2, 0.25) is 0 Å². The van der Waals surface area contributed by atoms with E-state index in [1.807, 2.05) is 0 Å². The lowest BCUT2D eigenvalue weighted by molar-refractivity contribution is -0.757. The lowest BCUT2D eigenvalue weighted by Gasteiger charge is -2.23. The minimum absolute atomic E-state index is 0.0355. The Balaban J connectivity index is 1.90. The summed E-state index contributed by atoms with van der Waals surface area (Å²) in [5.74, 6) is 0.469. The smallest absolute Gasteiger partial charge is 0.294 e. The minimum atomic E-state index is -0.859. The van der Waals surface area contributed by atoms with E-state index in [9.17, 15) is 19.7 Å². The summed E-state index contributed by atoms with van der Waals surface area (Å²) < 4.78 is 16.2. The standard InChI is InChI=1S/C17H21NO8/c1-11-17(20)14-8-15(23-2)16(7-12(14)9-24-11)25-10-13(19)5-3-4-6-26-18(21)22/h7-8,11H,3-6,9-10H2,1-2H3. The molecule has 1 heterocycles.